The first-order valence-electron chi connectivity index (χ1n) is 7.59. The van der Waals surface area contributed by atoms with Gasteiger partial charge in [-0.2, -0.15) is 0 Å². The molecule has 1 heterocycles. The number of rotatable bonds is 6. The van der Waals surface area contributed by atoms with Gasteiger partial charge in [0.05, 0.1) is 6.61 Å². The van der Waals surface area contributed by atoms with Crippen LogP contribution in [0.3, 0.4) is 0 Å². The Bertz CT molecular complexity index is 434. The number of nitrogens with one attached hydrogen (secondary N) is 1. The van der Waals surface area contributed by atoms with Gasteiger partial charge in [0.15, 0.2) is 0 Å². The van der Waals surface area contributed by atoms with E-state index in [1.54, 1.807) is 0 Å². The Morgan fingerprint density at radius 2 is 2.20 bits per heavy atom. The van der Waals surface area contributed by atoms with Crippen molar-refractivity contribution in [1.82, 2.24) is 4.90 Å². The van der Waals surface area contributed by atoms with Crippen LogP contribution in [0.5, 0.6) is 5.75 Å². The first-order chi connectivity index (χ1) is 9.58. The quantitative estimate of drug-likeness (QED) is 0.785. The first-order valence-corrected chi connectivity index (χ1v) is 7.59. The van der Waals surface area contributed by atoms with Gasteiger partial charge in [-0.3, -0.25) is 0 Å². The number of nitrogens with zero attached hydrogens (tertiary/aromatic N) is 1. The Morgan fingerprint density at radius 3 is 2.85 bits per heavy atom. The van der Waals surface area contributed by atoms with Crippen LogP contribution in [0.15, 0.2) is 18.2 Å². The summed E-state index contributed by atoms with van der Waals surface area (Å²) >= 11 is 0. The summed E-state index contributed by atoms with van der Waals surface area (Å²) in [5.41, 5.74) is 7.70. The van der Waals surface area contributed by atoms with Gasteiger partial charge in [0.25, 0.3) is 0 Å². The summed E-state index contributed by atoms with van der Waals surface area (Å²) in [6.07, 6.45) is 1.27. The predicted octanol–water partition coefficient (Wildman–Crippen LogP) is 2.81. The van der Waals surface area contributed by atoms with Crippen LogP contribution in [0.25, 0.3) is 0 Å². The molecule has 0 saturated carbocycles. The van der Waals surface area contributed by atoms with Crippen LogP contribution >= 0.6 is 0 Å². The zero-order valence-corrected chi connectivity index (χ0v) is 12.9. The SMILES string of the molecule is CCOc1cc(N)cc(NCC2CCN(C(C)C)C2)c1. The van der Waals surface area contributed by atoms with Crippen LogP contribution < -0.4 is 15.8 Å². The van der Waals surface area contributed by atoms with Crippen molar-refractivity contribution < 1.29 is 4.74 Å². The number of hydrogen-bond acceptors (Lipinski definition) is 4. The maximum Gasteiger partial charge on any atom is 0.123 e. The van der Waals surface area contributed by atoms with Crippen LogP contribution in [0.2, 0.25) is 0 Å². The molecule has 1 unspecified atom stereocenters. The fourth-order valence-corrected chi connectivity index (χ4v) is 2.73. The van der Waals surface area contributed by atoms with Crippen LogP contribution in [0, 0.1) is 5.92 Å². The summed E-state index contributed by atoms with van der Waals surface area (Å²) in [6, 6.07) is 6.51. The van der Waals surface area contributed by atoms with Crippen molar-refractivity contribution >= 4 is 11.4 Å². The molecule has 4 heteroatoms. The molecule has 0 radical (unpaired) electrons. The van der Waals surface area contributed by atoms with Crippen molar-refractivity contribution in [3.63, 3.8) is 0 Å². The Kier molecular flexibility index (Phi) is 5.12. The maximum atomic E-state index is 5.91. The number of hydrogen-bond donors (Lipinski definition) is 2. The molecule has 1 aliphatic rings. The normalized spacial score (nSPS) is 19.5. The lowest BCUT2D eigenvalue weighted by Crippen LogP contribution is -2.29. The third-order valence-corrected chi connectivity index (χ3v) is 3.88. The predicted molar refractivity (Wildman–Crippen MR) is 85.3 cm³/mol. The summed E-state index contributed by atoms with van der Waals surface area (Å²) in [5.74, 6) is 1.56. The number of ether oxygens (including phenoxy) is 1. The third-order valence-electron chi connectivity index (χ3n) is 3.88. The summed E-state index contributed by atoms with van der Waals surface area (Å²) in [7, 11) is 0. The van der Waals surface area contributed by atoms with E-state index in [4.69, 9.17) is 10.5 Å². The molecule has 1 atom stereocenters. The highest BCUT2D eigenvalue weighted by Crippen LogP contribution is 2.24. The Labute approximate surface area is 122 Å². The second kappa shape index (κ2) is 6.84. The van der Waals surface area contributed by atoms with Crippen LogP contribution in [-0.4, -0.2) is 37.2 Å². The van der Waals surface area contributed by atoms with Crippen molar-refractivity contribution in [3.05, 3.63) is 18.2 Å². The first kappa shape index (κ1) is 15.0. The molecule has 4 nitrogen and oxygen atoms in total. The minimum atomic E-state index is 0.650. The molecule has 1 fully saturated rings. The average molecular weight is 277 g/mol. The van der Waals surface area contributed by atoms with E-state index in [1.807, 2.05) is 25.1 Å². The molecule has 1 aliphatic heterocycles. The number of anilines is 2. The van der Waals surface area contributed by atoms with E-state index in [1.165, 1.54) is 19.5 Å². The topological polar surface area (TPSA) is 50.5 Å². The number of nitrogen functional groups attached to an aromatic ring is 1. The van der Waals surface area contributed by atoms with Crippen molar-refractivity contribution in [2.45, 2.75) is 33.2 Å². The van der Waals surface area contributed by atoms with Gasteiger partial charge in [-0.05, 0) is 45.7 Å². The molecule has 1 aromatic rings. The molecule has 1 saturated heterocycles. The highest BCUT2D eigenvalue weighted by Gasteiger charge is 2.23. The monoisotopic (exact) mass is 277 g/mol. The van der Waals surface area contributed by atoms with Gasteiger partial charge in [0.2, 0.25) is 0 Å². The Morgan fingerprint density at radius 1 is 1.40 bits per heavy atom. The van der Waals surface area contributed by atoms with Crippen LogP contribution in [0.1, 0.15) is 27.2 Å². The molecule has 0 spiro atoms. The number of benzene rings is 1. The van der Waals surface area contributed by atoms with E-state index in [9.17, 15) is 0 Å². The van der Waals surface area contributed by atoms with Gasteiger partial charge >= 0.3 is 0 Å². The maximum absolute atomic E-state index is 5.91. The van der Waals surface area contributed by atoms with Crippen molar-refractivity contribution in [3.8, 4) is 5.75 Å². The molecule has 3 N–H and O–H groups in total. The van der Waals surface area contributed by atoms with E-state index >= 15 is 0 Å². The van der Waals surface area contributed by atoms with Crippen LogP contribution in [-0.2, 0) is 0 Å². The smallest absolute Gasteiger partial charge is 0.123 e. The Hall–Kier alpha value is -1.42. The highest BCUT2D eigenvalue weighted by atomic mass is 16.5. The van der Waals surface area contributed by atoms with Crippen molar-refractivity contribution in [2.75, 3.05) is 37.3 Å². The lowest BCUT2D eigenvalue weighted by atomic mass is 10.1. The molecule has 1 aromatic carbocycles. The van der Waals surface area contributed by atoms with E-state index < -0.39 is 0 Å². The molecule has 112 valence electrons. The summed E-state index contributed by atoms with van der Waals surface area (Å²) in [4.78, 5) is 2.54. The van der Waals surface area contributed by atoms with Crippen molar-refractivity contribution in [2.24, 2.45) is 5.92 Å². The van der Waals surface area contributed by atoms with Gasteiger partial charge in [-0.25, -0.2) is 0 Å². The second-order valence-electron chi connectivity index (χ2n) is 5.85. The number of likely N-dealkylation sites (tertiary alicyclic amines) is 1. The summed E-state index contributed by atoms with van der Waals surface area (Å²) in [6.45, 7) is 10.6. The molecule has 0 amide bonds. The summed E-state index contributed by atoms with van der Waals surface area (Å²) < 4.78 is 5.52. The lowest BCUT2D eigenvalue weighted by Gasteiger charge is -2.20. The zero-order chi connectivity index (χ0) is 14.5. The van der Waals surface area contributed by atoms with E-state index in [0.717, 1.165) is 29.6 Å². The van der Waals surface area contributed by atoms with Crippen molar-refractivity contribution in [1.29, 1.82) is 0 Å². The molecule has 0 aliphatic carbocycles. The summed E-state index contributed by atoms with van der Waals surface area (Å²) in [5, 5.41) is 3.50. The molecule has 0 aromatic heterocycles. The van der Waals surface area contributed by atoms with Gasteiger partial charge in [-0.15, -0.1) is 0 Å². The van der Waals surface area contributed by atoms with E-state index in [-0.39, 0.29) is 0 Å². The fraction of sp³-hybridized carbons (Fsp3) is 0.625. The lowest BCUT2D eigenvalue weighted by molar-refractivity contribution is 0.266. The molecule has 0 bridgehead atoms. The molecule has 20 heavy (non-hydrogen) atoms. The minimum absolute atomic E-state index is 0.650. The molecule has 2 rings (SSSR count). The minimum Gasteiger partial charge on any atom is -0.494 e. The van der Waals surface area contributed by atoms with Gasteiger partial charge in [-0.1, -0.05) is 0 Å². The van der Waals surface area contributed by atoms with E-state index in [2.05, 4.69) is 24.1 Å². The molecular weight excluding hydrogens is 250 g/mol. The average Bonchev–Trinajstić information content (AvgIpc) is 2.85. The van der Waals surface area contributed by atoms with Crippen LogP contribution in [0.4, 0.5) is 11.4 Å². The zero-order valence-electron chi connectivity index (χ0n) is 12.9. The van der Waals surface area contributed by atoms with Gasteiger partial charge in [0.1, 0.15) is 5.75 Å². The second-order valence-corrected chi connectivity index (χ2v) is 5.85. The number of nitrogens with two attached hydrogens (primary N) is 1. The van der Waals surface area contributed by atoms with E-state index in [0.29, 0.717) is 12.6 Å². The van der Waals surface area contributed by atoms with Gasteiger partial charge in [0, 0.05) is 42.6 Å². The highest BCUT2D eigenvalue weighted by molar-refractivity contribution is 5.59. The Balaban J connectivity index is 1.88. The van der Waals surface area contributed by atoms with Gasteiger partial charge < -0.3 is 20.7 Å². The standard InChI is InChI=1S/C16H27N3O/c1-4-20-16-8-14(17)7-15(9-16)18-10-13-5-6-19(11-13)12(2)3/h7-9,12-13,18H,4-6,10-11,17H2,1-3H3. The third kappa shape index (κ3) is 4.04. The molecular formula is C16H27N3O. The largest absolute Gasteiger partial charge is 0.494 e. The fourth-order valence-electron chi connectivity index (χ4n) is 2.73.